The Bertz CT molecular complexity index is 1190. The van der Waals surface area contributed by atoms with Crippen LogP contribution in [0.25, 0.3) is 5.65 Å². The highest BCUT2D eigenvalue weighted by Crippen LogP contribution is 2.32. The van der Waals surface area contributed by atoms with Crippen molar-refractivity contribution in [1.29, 1.82) is 0 Å². The number of nitrogens with one attached hydrogen (secondary N) is 2. The van der Waals surface area contributed by atoms with Gasteiger partial charge in [0.25, 0.3) is 0 Å². The summed E-state index contributed by atoms with van der Waals surface area (Å²) in [5, 5.41) is 7.23. The van der Waals surface area contributed by atoms with E-state index in [0.29, 0.717) is 42.0 Å². The number of halogens is 1. The van der Waals surface area contributed by atoms with E-state index in [2.05, 4.69) is 39.3 Å². The van der Waals surface area contributed by atoms with E-state index in [1.165, 1.54) is 0 Å². The molecule has 0 radical (unpaired) electrons. The van der Waals surface area contributed by atoms with Gasteiger partial charge in [-0.25, -0.2) is 9.97 Å². The van der Waals surface area contributed by atoms with E-state index in [4.69, 9.17) is 16.6 Å². The minimum Gasteiger partial charge on any atom is -0.353 e. The summed E-state index contributed by atoms with van der Waals surface area (Å²) in [6.07, 6.45) is 5.45. The third kappa shape index (κ3) is 4.30. The smallest absolute Gasteiger partial charge is 0.227 e. The number of carbonyl (C=O) groups excluding carboxylic acids is 1. The molecule has 2 atom stereocenters. The van der Waals surface area contributed by atoms with E-state index in [9.17, 15) is 4.79 Å². The third-order valence-corrected chi connectivity index (χ3v) is 6.86. The number of anilines is 2. The van der Waals surface area contributed by atoms with Gasteiger partial charge >= 0.3 is 0 Å². The van der Waals surface area contributed by atoms with Gasteiger partial charge in [0.2, 0.25) is 11.9 Å². The molecule has 1 amide bonds. The van der Waals surface area contributed by atoms with Crippen LogP contribution in [0.1, 0.15) is 33.4 Å². The second kappa shape index (κ2) is 8.70. The van der Waals surface area contributed by atoms with Gasteiger partial charge in [-0.2, -0.15) is 4.98 Å². The van der Waals surface area contributed by atoms with Crippen molar-refractivity contribution in [3.63, 3.8) is 0 Å². The van der Waals surface area contributed by atoms with Crippen molar-refractivity contribution in [1.82, 2.24) is 30.0 Å². The van der Waals surface area contributed by atoms with Crippen molar-refractivity contribution in [3.8, 4) is 0 Å². The monoisotopic (exact) mass is 482 g/mol. The standard InChI is InChI=1S/C24H31ClN8O/c1-15-11-32(12-16(2)28-15)23-27-9-18(25)21(29-23)31-13-17(14-31)22(34)30-24(3,4)19-10-26-20-7-5-6-8-33(19)20/h5-10,15-17,28H,11-14H2,1-4H3,(H,30,34)/t15-,16?/m0/s1. The second-order valence-corrected chi connectivity index (χ2v) is 10.4. The molecule has 3 aromatic heterocycles. The SMILES string of the molecule is CC1CN(c2ncc(Cl)c(N3CC(C(=O)NC(C)(C)c4cnc5ccccn45)C3)n2)C[C@H](C)N1. The van der Waals surface area contributed by atoms with Gasteiger partial charge in [-0.05, 0) is 39.8 Å². The Hall–Kier alpha value is -2.91. The highest BCUT2D eigenvalue weighted by Gasteiger charge is 2.38. The van der Waals surface area contributed by atoms with E-state index in [1.54, 1.807) is 6.20 Å². The maximum absolute atomic E-state index is 13.1. The zero-order valence-corrected chi connectivity index (χ0v) is 20.8. The van der Waals surface area contributed by atoms with Crippen molar-refractivity contribution in [2.75, 3.05) is 36.0 Å². The molecule has 0 aliphatic carbocycles. The Morgan fingerprint density at radius 2 is 1.82 bits per heavy atom. The summed E-state index contributed by atoms with van der Waals surface area (Å²) in [5.41, 5.74) is 1.24. The van der Waals surface area contributed by atoms with Crippen molar-refractivity contribution < 1.29 is 4.79 Å². The lowest BCUT2D eigenvalue weighted by Gasteiger charge is -2.41. The largest absolute Gasteiger partial charge is 0.353 e. The van der Waals surface area contributed by atoms with E-state index >= 15 is 0 Å². The lowest BCUT2D eigenvalue weighted by atomic mass is 9.95. The number of hydrogen-bond donors (Lipinski definition) is 2. The Morgan fingerprint density at radius 1 is 1.09 bits per heavy atom. The van der Waals surface area contributed by atoms with Gasteiger partial charge < -0.3 is 24.8 Å². The molecule has 0 saturated carbocycles. The Labute approximate surface area is 204 Å². The Kier molecular flexibility index (Phi) is 5.85. The summed E-state index contributed by atoms with van der Waals surface area (Å²) in [7, 11) is 0. The average Bonchev–Trinajstić information content (AvgIpc) is 3.18. The highest BCUT2D eigenvalue weighted by molar-refractivity contribution is 6.32. The number of nitrogens with zero attached hydrogens (tertiary/aromatic N) is 6. The Morgan fingerprint density at radius 3 is 2.56 bits per heavy atom. The first-order chi connectivity index (χ1) is 16.2. The van der Waals surface area contributed by atoms with Gasteiger partial charge in [-0.3, -0.25) is 4.79 Å². The van der Waals surface area contributed by atoms with E-state index in [-0.39, 0.29) is 11.8 Å². The van der Waals surface area contributed by atoms with Crippen LogP contribution in [-0.2, 0) is 10.3 Å². The van der Waals surface area contributed by atoms with Gasteiger partial charge in [0.05, 0.1) is 29.5 Å². The third-order valence-electron chi connectivity index (χ3n) is 6.60. The van der Waals surface area contributed by atoms with Gasteiger partial charge in [0.1, 0.15) is 10.7 Å². The highest BCUT2D eigenvalue weighted by atomic mass is 35.5. The van der Waals surface area contributed by atoms with Crippen molar-refractivity contribution in [2.45, 2.75) is 45.3 Å². The molecule has 2 aliphatic rings. The maximum Gasteiger partial charge on any atom is 0.227 e. The molecule has 0 spiro atoms. The molecule has 0 aromatic carbocycles. The number of rotatable bonds is 5. The molecule has 9 nitrogen and oxygen atoms in total. The molecule has 2 fully saturated rings. The molecule has 2 aliphatic heterocycles. The Balaban J connectivity index is 1.25. The lowest BCUT2D eigenvalue weighted by Crippen LogP contribution is -2.57. The molecule has 34 heavy (non-hydrogen) atoms. The molecule has 1 unspecified atom stereocenters. The molecular weight excluding hydrogens is 452 g/mol. The molecule has 2 saturated heterocycles. The zero-order chi connectivity index (χ0) is 24.0. The maximum atomic E-state index is 13.1. The quantitative estimate of drug-likeness (QED) is 0.577. The summed E-state index contributed by atoms with van der Waals surface area (Å²) in [6.45, 7) is 11.1. The van der Waals surface area contributed by atoms with Crippen LogP contribution in [0.2, 0.25) is 5.02 Å². The molecule has 10 heteroatoms. The molecule has 180 valence electrons. The van der Waals surface area contributed by atoms with Gasteiger partial charge in [0.15, 0.2) is 5.82 Å². The first kappa shape index (κ1) is 22.9. The van der Waals surface area contributed by atoms with Gasteiger partial charge in [0, 0.05) is 44.5 Å². The van der Waals surface area contributed by atoms with Crippen molar-refractivity contribution in [3.05, 3.63) is 47.5 Å². The summed E-state index contributed by atoms with van der Waals surface area (Å²) in [6, 6.07) is 6.58. The second-order valence-electron chi connectivity index (χ2n) is 10.0. The van der Waals surface area contributed by atoms with Crippen LogP contribution in [0.15, 0.2) is 36.8 Å². The van der Waals surface area contributed by atoms with Crippen LogP contribution in [0.3, 0.4) is 0 Å². The number of aromatic nitrogens is 4. The lowest BCUT2D eigenvalue weighted by molar-refractivity contribution is -0.127. The fraction of sp³-hybridized carbons (Fsp3) is 0.500. The topological polar surface area (TPSA) is 90.7 Å². The first-order valence-corrected chi connectivity index (χ1v) is 12.1. The number of amides is 1. The summed E-state index contributed by atoms with van der Waals surface area (Å²) in [5.74, 6) is 1.26. The van der Waals surface area contributed by atoms with Crippen LogP contribution >= 0.6 is 11.6 Å². The molecule has 5 heterocycles. The van der Waals surface area contributed by atoms with E-state index in [1.807, 2.05) is 53.7 Å². The number of hydrogen-bond acceptors (Lipinski definition) is 7. The summed E-state index contributed by atoms with van der Waals surface area (Å²) in [4.78, 5) is 31.0. The molecule has 0 bridgehead atoms. The summed E-state index contributed by atoms with van der Waals surface area (Å²) >= 11 is 6.45. The van der Waals surface area contributed by atoms with Crippen LogP contribution in [0.4, 0.5) is 11.8 Å². The van der Waals surface area contributed by atoms with E-state index < -0.39 is 5.54 Å². The number of carbonyl (C=O) groups is 1. The molecule has 5 rings (SSSR count). The fourth-order valence-corrected chi connectivity index (χ4v) is 5.11. The number of fused-ring (bicyclic) bond motifs is 1. The average molecular weight is 483 g/mol. The number of piperazine rings is 1. The molecule has 2 N–H and O–H groups in total. The van der Waals surface area contributed by atoms with Crippen LogP contribution in [-0.4, -0.2) is 63.5 Å². The van der Waals surface area contributed by atoms with Crippen molar-refractivity contribution >= 4 is 34.9 Å². The van der Waals surface area contributed by atoms with E-state index in [0.717, 1.165) is 24.4 Å². The number of pyridine rings is 1. The number of imidazole rings is 1. The minimum atomic E-state index is -0.562. The minimum absolute atomic E-state index is 0.0160. The van der Waals surface area contributed by atoms with Crippen LogP contribution < -0.4 is 20.4 Å². The predicted octanol–water partition coefficient (Wildman–Crippen LogP) is 2.45. The zero-order valence-electron chi connectivity index (χ0n) is 20.0. The molecule has 3 aromatic rings. The predicted molar refractivity (Wildman–Crippen MR) is 133 cm³/mol. The van der Waals surface area contributed by atoms with Gasteiger partial charge in [-0.1, -0.05) is 17.7 Å². The first-order valence-electron chi connectivity index (χ1n) is 11.7. The van der Waals surface area contributed by atoms with Gasteiger partial charge in [-0.15, -0.1) is 0 Å². The normalized spacial score (nSPS) is 21.6. The molecular formula is C24H31ClN8O. The van der Waals surface area contributed by atoms with Crippen molar-refractivity contribution in [2.24, 2.45) is 5.92 Å². The summed E-state index contributed by atoms with van der Waals surface area (Å²) < 4.78 is 2.01. The fourth-order valence-electron chi connectivity index (χ4n) is 4.90. The van der Waals surface area contributed by atoms with Crippen LogP contribution in [0, 0.1) is 5.92 Å². The van der Waals surface area contributed by atoms with Crippen LogP contribution in [0.5, 0.6) is 0 Å².